The van der Waals surface area contributed by atoms with Gasteiger partial charge in [-0.3, -0.25) is 14.5 Å². The van der Waals surface area contributed by atoms with Crippen LogP contribution in [0.4, 0.5) is 0 Å². The molecule has 2 fully saturated rings. The van der Waals surface area contributed by atoms with Gasteiger partial charge in [-0.25, -0.2) is 4.98 Å². The third kappa shape index (κ3) is 4.24. The van der Waals surface area contributed by atoms with Crippen molar-refractivity contribution in [3.05, 3.63) is 52.0 Å². The molecule has 0 unspecified atom stereocenters. The minimum absolute atomic E-state index is 0.0574. The van der Waals surface area contributed by atoms with Gasteiger partial charge in [0, 0.05) is 38.1 Å². The molecule has 148 valence electrons. The van der Waals surface area contributed by atoms with Gasteiger partial charge in [0.25, 0.3) is 5.91 Å². The minimum Gasteiger partial charge on any atom is -0.356 e. The molecule has 1 N–H and O–H groups in total. The normalized spacial score (nSPS) is 23.5. The van der Waals surface area contributed by atoms with Gasteiger partial charge in [-0.05, 0) is 12.5 Å². The molecule has 2 saturated heterocycles. The van der Waals surface area contributed by atoms with Crippen molar-refractivity contribution in [1.29, 1.82) is 0 Å². The Morgan fingerprint density at radius 1 is 1.25 bits per heavy atom. The molecule has 7 nitrogen and oxygen atoms in total. The SMILES string of the molecule is Cc1nc(CN2CCN(C(=O)[C@H]3OCC(=O)N[C@@H]3c3ccccc3)CC2)cs1. The molecule has 2 aliphatic rings. The molecule has 1 aromatic heterocycles. The van der Waals surface area contributed by atoms with Gasteiger partial charge in [0.05, 0.1) is 16.7 Å². The van der Waals surface area contributed by atoms with E-state index in [0.717, 1.165) is 35.9 Å². The number of thiazole rings is 1. The van der Waals surface area contributed by atoms with Gasteiger partial charge in [-0.2, -0.15) is 0 Å². The largest absolute Gasteiger partial charge is 0.356 e. The summed E-state index contributed by atoms with van der Waals surface area (Å²) in [5.41, 5.74) is 1.97. The van der Waals surface area contributed by atoms with Crippen LogP contribution in [0.1, 0.15) is 22.3 Å². The van der Waals surface area contributed by atoms with Crippen molar-refractivity contribution in [2.24, 2.45) is 0 Å². The molecule has 1 aromatic carbocycles. The van der Waals surface area contributed by atoms with Crippen LogP contribution < -0.4 is 5.32 Å². The van der Waals surface area contributed by atoms with Crippen LogP contribution in [-0.4, -0.2) is 65.5 Å². The number of nitrogens with zero attached hydrogens (tertiary/aromatic N) is 3. The molecule has 28 heavy (non-hydrogen) atoms. The number of hydrogen-bond acceptors (Lipinski definition) is 6. The van der Waals surface area contributed by atoms with E-state index in [1.807, 2.05) is 42.2 Å². The number of carbonyl (C=O) groups excluding carboxylic acids is 2. The Bertz CT molecular complexity index is 833. The number of hydrogen-bond donors (Lipinski definition) is 1. The van der Waals surface area contributed by atoms with E-state index in [1.165, 1.54) is 0 Å². The Hall–Kier alpha value is -2.29. The van der Waals surface area contributed by atoms with Gasteiger partial charge in [0.15, 0.2) is 6.10 Å². The van der Waals surface area contributed by atoms with Crippen LogP contribution in [0.5, 0.6) is 0 Å². The summed E-state index contributed by atoms with van der Waals surface area (Å²) in [7, 11) is 0. The number of ether oxygens (including phenoxy) is 1. The monoisotopic (exact) mass is 400 g/mol. The van der Waals surface area contributed by atoms with Crippen LogP contribution in [0.2, 0.25) is 0 Å². The highest BCUT2D eigenvalue weighted by molar-refractivity contribution is 7.09. The third-order valence-electron chi connectivity index (χ3n) is 5.15. The van der Waals surface area contributed by atoms with Crippen molar-refractivity contribution in [2.75, 3.05) is 32.8 Å². The molecule has 2 amide bonds. The average Bonchev–Trinajstić information content (AvgIpc) is 3.13. The van der Waals surface area contributed by atoms with Crippen LogP contribution in [0.3, 0.4) is 0 Å². The number of benzene rings is 1. The molecular weight excluding hydrogens is 376 g/mol. The highest BCUT2D eigenvalue weighted by Crippen LogP contribution is 2.24. The zero-order chi connectivity index (χ0) is 19.5. The number of aryl methyl sites for hydroxylation is 1. The Balaban J connectivity index is 1.39. The zero-order valence-electron chi connectivity index (χ0n) is 15.8. The first kappa shape index (κ1) is 19.0. The molecule has 0 spiro atoms. The lowest BCUT2D eigenvalue weighted by Crippen LogP contribution is -2.57. The van der Waals surface area contributed by atoms with E-state index >= 15 is 0 Å². The van der Waals surface area contributed by atoms with Crippen molar-refractivity contribution in [3.63, 3.8) is 0 Å². The van der Waals surface area contributed by atoms with E-state index in [-0.39, 0.29) is 18.4 Å². The second kappa shape index (κ2) is 8.38. The Morgan fingerprint density at radius 3 is 2.68 bits per heavy atom. The van der Waals surface area contributed by atoms with E-state index in [0.29, 0.717) is 13.1 Å². The number of rotatable bonds is 4. The molecule has 0 radical (unpaired) electrons. The predicted molar refractivity (Wildman–Crippen MR) is 106 cm³/mol. The van der Waals surface area contributed by atoms with E-state index in [9.17, 15) is 9.59 Å². The van der Waals surface area contributed by atoms with E-state index < -0.39 is 12.1 Å². The molecule has 0 bridgehead atoms. The van der Waals surface area contributed by atoms with E-state index in [2.05, 4.69) is 20.6 Å². The highest BCUT2D eigenvalue weighted by atomic mass is 32.1. The van der Waals surface area contributed by atoms with Crippen LogP contribution >= 0.6 is 11.3 Å². The summed E-state index contributed by atoms with van der Waals surface area (Å²) in [6.45, 7) is 5.65. The maximum absolute atomic E-state index is 13.1. The number of amides is 2. The summed E-state index contributed by atoms with van der Waals surface area (Å²) in [6, 6.07) is 9.08. The molecule has 0 aliphatic carbocycles. The van der Waals surface area contributed by atoms with Crippen molar-refractivity contribution in [2.45, 2.75) is 25.6 Å². The first-order valence-electron chi connectivity index (χ1n) is 9.48. The van der Waals surface area contributed by atoms with Crippen LogP contribution in [0.25, 0.3) is 0 Å². The number of nitrogens with one attached hydrogen (secondary N) is 1. The Labute approximate surface area is 168 Å². The lowest BCUT2D eigenvalue weighted by Gasteiger charge is -2.39. The molecule has 4 rings (SSSR count). The maximum atomic E-state index is 13.1. The van der Waals surface area contributed by atoms with Gasteiger partial charge in [-0.15, -0.1) is 11.3 Å². The van der Waals surface area contributed by atoms with E-state index in [4.69, 9.17) is 4.74 Å². The molecule has 8 heteroatoms. The fraction of sp³-hybridized carbons (Fsp3) is 0.450. The lowest BCUT2D eigenvalue weighted by molar-refractivity contribution is -0.156. The predicted octanol–water partition coefficient (Wildman–Crippen LogP) is 1.35. The maximum Gasteiger partial charge on any atom is 0.254 e. The number of morpholine rings is 1. The van der Waals surface area contributed by atoms with Gasteiger partial charge in [0.1, 0.15) is 6.61 Å². The van der Waals surface area contributed by atoms with Crippen LogP contribution in [0, 0.1) is 6.92 Å². The summed E-state index contributed by atoms with van der Waals surface area (Å²) >= 11 is 1.66. The summed E-state index contributed by atoms with van der Waals surface area (Å²) in [6.07, 6.45) is -0.687. The first-order chi connectivity index (χ1) is 13.6. The molecule has 2 aliphatic heterocycles. The van der Waals surface area contributed by atoms with Gasteiger partial charge in [0.2, 0.25) is 5.91 Å². The number of piperazine rings is 1. The van der Waals surface area contributed by atoms with Gasteiger partial charge >= 0.3 is 0 Å². The molecular formula is C20H24N4O3S. The van der Waals surface area contributed by atoms with Crippen LogP contribution in [-0.2, 0) is 20.9 Å². The van der Waals surface area contributed by atoms with Gasteiger partial charge in [-0.1, -0.05) is 30.3 Å². The smallest absolute Gasteiger partial charge is 0.254 e. The van der Waals surface area contributed by atoms with Crippen molar-refractivity contribution >= 4 is 23.2 Å². The summed E-state index contributed by atoms with van der Waals surface area (Å²) in [5, 5.41) is 6.09. The lowest BCUT2D eigenvalue weighted by atomic mass is 9.98. The van der Waals surface area contributed by atoms with Crippen molar-refractivity contribution in [1.82, 2.24) is 20.1 Å². The fourth-order valence-electron chi connectivity index (χ4n) is 3.70. The number of carbonyl (C=O) groups is 2. The highest BCUT2D eigenvalue weighted by Gasteiger charge is 2.39. The summed E-state index contributed by atoms with van der Waals surface area (Å²) < 4.78 is 5.67. The quantitative estimate of drug-likeness (QED) is 0.839. The topological polar surface area (TPSA) is 74.8 Å². The van der Waals surface area contributed by atoms with Crippen LogP contribution in [0.15, 0.2) is 35.7 Å². The molecule has 2 atom stereocenters. The molecule has 0 saturated carbocycles. The fourth-order valence-corrected chi connectivity index (χ4v) is 4.30. The Kier molecular flexibility index (Phi) is 5.70. The average molecular weight is 401 g/mol. The zero-order valence-corrected chi connectivity index (χ0v) is 16.7. The molecule has 2 aromatic rings. The second-order valence-corrected chi connectivity index (χ2v) is 8.21. The number of aromatic nitrogens is 1. The van der Waals surface area contributed by atoms with Gasteiger partial charge < -0.3 is 15.0 Å². The standard InChI is InChI=1S/C20H24N4O3S/c1-14-21-16(13-28-14)11-23-7-9-24(10-8-23)20(26)19-18(22-17(25)12-27-19)15-5-3-2-4-6-15/h2-6,13,18-19H,7-12H2,1H3,(H,22,25)/t18-,19+/m1/s1. The minimum atomic E-state index is -0.687. The summed E-state index contributed by atoms with van der Waals surface area (Å²) in [5.74, 6) is -0.251. The third-order valence-corrected chi connectivity index (χ3v) is 5.97. The van der Waals surface area contributed by atoms with Crippen molar-refractivity contribution in [3.8, 4) is 0 Å². The summed E-state index contributed by atoms with van der Waals surface area (Å²) in [4.78, 5) is 33.7. The van der Waals surface area contributed by atoms with E-state index in [1.54, 1.807) is 11.3 Å². The Morgan fingerprint density at radius 2 is 2.00 bits per heavy atom. The molecule has 3 heterocycles. The second-order valence-electron chi connectivity index (χ2n) is 7.15. The van der Waals surface area contributed by atoms with Crippen molar-refractivity contribution < 1.29 is 14.3 Å². The first-order valence-corrected chi connectivity index (χ1v) is 10.4.